The van der Waals surface area contributed by atoms with Crippen LogP contribution in [0.1, 0.15) is 36.5 Å². The molecule has 0 aromatic carbocycles. The minimum Gasteiger partial charge on any atom is -0.384 e. The fourth-order valence-electron chi connectivity index (χ4n) is 3.33. The number of carbonyl (C=O) groups is 1. The molecule has 0 bridgehead atoms. The van der Waals surface area contributed by atoms with Gasteiger partial charge in [-0.05, 0) is 38.4 Å². The van der Waals surface area contributed by atoms with Crippen LogP contribution < -0.4 is 5.73 Å². The lowest BCUT2D eigenvalue weighted by Crippen LogP contribution is -2.60. The van der Waals surface area contributed by atoms with E-state index in [1.165, 1.54) is 25.8 Å². The molecule has 20 heavy (non-hydrogen) atoms. The summed E-state index contributed by atoms with van der Waals surface area (Å²) in [6.45, 7) is 5.14. The minimum atomic E-state index is 0.0789. The van der Waals surface area contributed by atoms with Crippen LogP contribution in [0.5, 0.6) is 0 Å². The zero-order valence-corrected chi connectivity index (χ0v) is 12.0. The summed E-state index contributed by atoms with van der Waals surface area (Å²) in [6.07, 6.45) is 5.36. The molecule has 2 N–H and O–H groups in total. The third-order valence-corrected chi connectivity index (χ3v) is 4.48. The number of nitrogens with two attached hydrogens (primary N) is 1. The predicted octanol–water partition coefficient (Wildman–Crippen LogP) is 1.36. The molecule has 108 valence electrons. The fraction of sp³-hybridized carbons (Fsp3) is 0.600. The van der Waals surface area contributed by atoms with Crippen LogP contribution in [0.15, 0.2) is 18.3 Å². The Labute approximate surface area is 119 Å². The van der Waals surface area contributed by atoms with Gasteiger partial charge in [0.15, 0.2) is 0 Å². The number of piperidine rings is 1. The lowest BCUT2D eigenvalue weighted by molar-refractivity contribution is 0.0151. The van der Waals surface area contributed by atoms with Crippen molar-refractivity contribution in [2.75, 3.05) is 25.4 Å². The fourth-order valence-corrected chi connectivity index (χ4v) is 3.33. The normalized spacial score (nSPS) is 27.1. The Balaban J connectivity index is 1.75. The van der Waals surface area contributed by atoms with Gasteiger partial charge in [-0.2, -0.15) is 0 Å². The molecule has 5 nitrogen and oxygen atoms in total. The number of hydrogen-bond acceptors (Lipinski definition) is 4. The number of amides is 1. The zero-order chi connectivity index (χ0) is 14.1. The number of aromatic nitrogens is 1. The first-order chi connectivity index (χ1) is 9.65. The Morgan fingerprint density at radius 1 is 1.35 bits per heavy atom. The molecule has 2 fully saturated rings. The minimum absolute atomic E-state index is 0.0789. The van der Waals surface area contributed by atoms with E-state index in [9.17, 15) is 4.79 Å². The first-order valence-corrected chi connectivity index (χ1v) is 7.41. The summed E-state index contributed by atoms with van der Waals surface area (Å²) in [5, 5.41) is 0. The van der Waals surface area contributed by atoms with Crippen molar-refractivity contribution in [1.82, 2.24) is 14.8 Å². The maximum Gasteiger partial charge on any atom is 0.255 e. The average molecular weight is 274 g/mol. The van der Waals surface area contributed by atoms with E-state index < -0.39 is 0 Å². The van der Waals surface area contributed by atoms with Crippen molar-refractivity contribution in [1.29, 1.82) is 0 Å². The van der Waals surface area contributed by atoms with Crippen LogP contribution in [-0.4, -0.2) is 52.4 Å². The maximum atomic E-state index is 12.6. The van der Waals surface area contributed by atoms with Crippen LogP contribution in [0.4, 0.5) is 5.82 Å². The number of carbonyl (C=O) groups excluding carboxylic acids is 1. The lowest BCUT2D eigenvalue weighted by Gasteiger charge is -2.47. The molecule has 0 aliphatic carbocycles. The monoisotopic (exact) mass is 274 g/mol. The Morgan fingerprint density at radius 3 is 2.95 bits per heavy atom. The number of pyridine rings is 1. The second-order valence-electron chi connectivity index (χ2n) is 5.92. The van der Waals surface area contributed by atoms with Crippen LogP contribution >= 0.6 is 0 Å². The zero-order valence-electron chi connectivity index (χ0n) is 12.0. The number of fused-ring (bicyclic) bond motifs is 1. The van der Waals surface area contributed by atoms with E-state index in [4.69, 9.17) is 5.73 Å². The summed E-state index contributed by atoms with van der Waals surface area (Å²) in [4.78, 5) is 21.2. The SMILES string of the molecule is CC1CN2CCCCC2CN1C(=O)c1ccc(N)nc1. The number of hydrogen-bond donors (Lipinski definition) is 1. The third kappa shape index (κ3) is 2.50. The number of rotatable bonds is 1. The number of nitrogens with zero attached hydrogens (tertiary/aromatic N) is 3. The molecular weight excluding hydrogens is 252 g/mol. The molecular formula is C15H22N4O. The third-order valence-electron chi connectivity index (χ3n) is 4.48. The summed E-state index contributed by atoms with van der Waals surface area (Å²) < 4.78 is 0. The van der Waals surface area contributed by atoms with E-state index in [1.807, 2.05) is 4.90 Å². The van der Waals surface area contributed by atoms with Crippen molar-refractivity contribution < 1.29 is 4.79 Å². The molecule has 3 heterocycles. The highest BCUT2D eigenvalue weighted by Gasteiger charge is 2.35. The van der Waals surface area contributed by atoms with Gasteiger partial charge >= 0.3 is 0 Å². The molecule has 0 saturated carbocycles. The summed E-state index contributed by atoms with van der Waals surface area (Å²) in [6, 6.07) is 4.25. The van der Waals surface area contributed by atoms with Crippen LogP contribution in [-0.2, 0) is 0 Å². The number of anilines is 1. The highest BCUT2D eigenvalue weighted by atomic mass is 16.2. The van der Waals surface area contributed by atoms with E-state index in [-0.39, 0.29) is 11.9 Å². The van der Waals surface area contributed by atoms with Crippen LogP contribution in [0, 0.1) is 0 Å². The van der Waals surface area contributed by atoms with Gasteiger partial charge in [-0.1, -0.05) is 6.42 Å². The largest absolute Gasteiger partial charge is 0.384 e. The van der Waals surface area contributed by atoms with Gasteiger partial charge in [-0.25, -0.2) is 4.98 Å². The first-order valence-electron chi connectivity index (χ1n) is 7.41. The summed E-state index contributed by atoms with van der Waals surface area (Å²) in [7, 11) is 0. The van der Waals surface area contributed by atoms with E-state index in [1.54, 1.807) is 18.3 Å². The second kappa shape index (κ2) is 5.40. The molecule has 1 aromatic heterocycles. The molecule has 0 spiro atoms. The standard InChI is InChI=1S/C15H22N4O/c1-11-9-18-7-3-2-4-13(18)10-19(11)15(20)12-5-6-14(16)17-8-12/h5-6,8,11,13H,2-4,7,9-10H2,1H3,(H2,16,17). The lowest BCUT2D eigenvalue weighted by atomic mass is 9.96. The van der Waals surface area contributed by atoms with Crippen molar-refractivity contribution in [2.24, 2.45) is 0 Å². The van der Waals surface area contributed by atoms with Crippen molar-refractivity contribution in [3.05, 3.63) is 23.9 Å². The highest BCUT2D eigenvalue weighted by molar-refractivity contribution is 5.94. The van der Waals surface area contributed by atoms with Gasteiger partial charge in [-0.3, -0.25) is 9.69 Å². The summed E-state index contributed by atoms with van der Waals surface area (Å²) in [5.41, 5.74) is 6.21. The molecule has 1 amide bonds. The first kappa shape index (κ1) is 13.4. The molecule has 2 atom stereocenters. The van der Waals surface area contributed by atoms with Gasteiger partial charge < -0.3 is 10.6 Å². The Morgan fingerprint density at radius 2 is 2.20 bits per heavy atom. The highest BCUT2D eigenvalue weighted by Crippen LogP contribution is 2.25. The van der Waals surface area contributed by atoms with Crippen LogP contribution in [0.3, 0.4) is 0 Å². The second-order valence-corrected chi connectivity index (χ2v) is 5.92. The van der Waals surface area contributed by atoms with E-state index in [0.717, 1.165) is 13.1 Å². The summed E-state index contributed by atoms with van der Waals surface area (Å²) in [5.74, 6) is 0.530. The van der Waals surface area contributed by atoms with Gasteiger partial charge in [0.25, 0.3) is 5.91 Å². The number of piperazine rings is 1. The van der Waals surface area contributed by atoms with Gasteiger partial charge in [0, 0.05) is 31.4 Å². The predicted molar refractivity (Wildman–Crippen MR) is 78.4 cm³/mol. The smallest absolute Gasteiger partial charge is 0.255 e. The Hall–Kier alpha value is -1.62. The molecule has 2 aliphatic rings. The Kier molecular flexibility index (Phi) is 3.61. The van der Waals surface area contributed by atoms with Crippen LogP contribution in [0.2, 0.25) is 0 Å². The van der Waals surface area contributed by atoms with Gasteiger partial charge in [-0.15, -0.1) is 0 Å². The quantitative estimate of drug-likeness (QED) is 0.840. The Bertz CT molecular complexity index is 487. The number of nitrogen functional groups attached to an aromatic ring is 1. The van der Waals surface area contributed by atoms with Crippen molar-refractivity contribution in [3.63, 3.8) is 0 Å². The van der Waals surface area contributed by atoms with E-state index in [0.29, 0.717) is 17.4 Å². The molecule has 3 rings (SSSR count). The van der Waals surface area contributed by atoms with Crippen molar-refractivity contribution in [3.8, 4) is 0 Å². The van der Waals surface area contributed by atoms with E-state index >= 15 is 0 Å². The average Bonchev–Trinajstić information content (AvgIpc) is 2.46. The molecule has 2 aliphatic heterocycles. The molecule has 1 aromatic rings. The maximum absolute atomic E-state index is 12.6. The van der Waals surface area contributed by atoms with Gasteiger partial charge in [0.05, 0.1) is 5.56 Å². The van der Waals surface area contributed by atoms with Gasteiger partial charge in [0.2, 0.25) is 0 Å². The molecule has 2 saturated heterocycles. The van der Waals surface area contributed by atoms with Crippen LogP contribution in [0.25, 0.3) is 0 Å². The van der Waals surface area contributed by atoms with Gasteiger partial charge in [0.1, 0.15) is 5.82 Å². The summed E-state index contributed by atoms with van der Waals surface area (Å²) >= 11 is 0. The molecule has 5 heteroatoms. The molecule has 2 unspecified atom stereocenters. The topological polar surface area (TPSA) is 62.5 Å². The van der Waals surface area contributed by atoms with Crippen molar-refractivity contribution in [2.45, 2.75) is 38.3 Å². The molecule has 0 radical (unpaired) electrons. The van der Waals surface area contributed by atoms with E-state index in [2.05, 4.69) is 16.8 Å². The van der Waals surface area contributed by atoms with Crippen molar-refractivity contribution >= 4 is 11.7 Å².